The van der Waals surface area contributed by atoms with Gasteiger partial charge in [0, 0.05) is 4.88 Å². The zero-order chi connectivity index (χ0) is 20.4. The summed E-state index contributed by atoms with van der Waals surface area (Å²) in [6.07, 6.45) is 3.19. The van der Waals surface area contributed by atoms with Crippen LogP contribution in [0.5, 0.6) is 5.75 Å². The highest BCUT2D eigenvalue weighted by molar-refractivity contribution is 7.14. The number of carbonyl (C=O) groups is 3. The molecule has 4 rings (SSSR count). The van der Waals surface area contributed by atoms with Crippen LogP contribution in [0, 0.1) is 5.92 Å². The van der Waals surface area contributed by atoms with Crippen molar-refractivity contribution in [2.75, 3.05) is 5.32 Å². The van der Waals surface area contributed by atoms with E-state index >= 15 is 0 Å². The lowest BCUT2D eigenvalue weighted by atomic mass is 9.87. The number of thiophene rings is 1. The van der Waals surface area contributed by atoms with Crippen molar-refractivity contribution in [3.63, 3.8) is 0 Å². The molecule has 2 atom stereocenters. The normalized spacial score (nSPS) is 20.0. The van der Waals surface area contributed by atoms with Crippen LogP contribution in [0.15, 0.2) is 30.3 Å². The first-order chi connectivity index (χ1) is 14.0. The zero-order valence-electron chi connectivity index (χ0n) is 16.1. The van der Waals surface area contributed by atoms with Crippen LogP contribution in [-0.2, 0) is 22.4 Å². The second-order valence-corrected chi connectivity index (χ2v) is 8.51. The van der Waals surface area contributed by atoms with Crippen LogP contribution in [0.1, 0.15) is 46.3 Å². The van der Waals surface area contributed by atoms with Gasteiger partial charge in [0.2, 0.25) is 5.91 Å². The molecule has 1 aliphatic heterocycles. The molecule has 8 heteroatoms. The van der Waals surface area contributed by atoms with E-state index in [0.29, 0.717) is 22.2 Å². The quantitative estimate of drug-likeness (QED) is 0.672. The van der Waals surface area contributed by atoms with Crippen LogP contribution in [0.4, 0.5) is 5.69 Å². The summed E-state index contributed by atoms with van der Waals surface area (Å²) in [6, 6.07) is 8.96. The van der Waals surface area contributed by atoms with Crippen molar-refractivity contribution in [1.29, 1.82) is 0 Å². The Kier molecular flexibility index (Phi) is 5.53. The number of hydrogen-bond donors (Lipinski definition) is 3. The van der Waals surface area contributed by atoms with Gasteiger partial charge in [-0.05, 0) is 48.9 Å². The van der Waals surface area contributed by atoms with Gasteiger partial charge in [0.15, 0.2) is 6.10 Å². The Morgan fingerprint density at radius 2 is 2.10 bits per heavy atom. The fourth-order valence-corrected chi connectivity index (χ4v) is 4.80. The second kappa shape index (κ2) is 8.24. The summed E-state index contributed by atoms with van der Waals surface area (Å²) < 4.78 is 5.60. The summed E-state index contributed by atoms with van der Waals surface area (Å²) in [5.41, 5.74) is 6.65. The van der Waals surface area contributed by atoms with Gasteiger partial charge in [-0.2, -0.15) is 0 Å². The maximum atomic E-state index is 12.4. The molecule has 0 fully saturated rings. The van der Waals surface area contributed by atoms with E-state index in [4.69, 9.17) is 4.74 Å². The molecule has 2 aliphatic rings. The fourth-order valence-electron chi connectivity index (χ4n) is 3.69. The Hall–Kier alpha value is -2.87. The Bertz CT molecular complexity index is 955. The van der Waals surface area contributed by atoms with Crippen molar-refractivity contribution in [3.8, 4) is 5.75 Å². The molecule has 0 radical (unpaired) electrons. The van der Waals surface area contributed by atoms with E-state index in [9.17, 15) is 14.4 Å². The van der Waals surface area contributed by atoms with Crippen molar-refractivity contribution in [3.05, 3.63) is 45.6 Å². The first kappa shape index (κ1) is 19.4. The molecular formula is C21H23N3O4S. The molecule has 3 amide bonds. The largest absolute Gasteiger partial charge is 0.478 e. The number of carbonyl (C=O) groups excluding carboxylic acids is 3. The van der Waals surface area contributed by atoms with Crippen LogP contribution in [0.2, 0.25) is 0 Å². The summed E-state index contributed by atoms with van der Waals surface area (Å²) in [5.74, 6) is -0.0278. The molecule has 1 aliphatic carbocycles. The SMILES string of the molecule is CC[C@@H]1CCc2sc(C(=O)NNC(=O)C[C@H]3Oc4ccccc4NC3=O)cc2C1. The summed E-state index contributed by atoms with van der Waals surface area (Å²) in [4.78, 5) is 38.6. The first-order valence-electron chi connectivity index (χ1n) is 9.80. The van der Waals surface area contributed by atoms with E-state index < -0.39 is 12.0 Å². The van der Waals surface area contributed by atoms with Gasteiger partial charge in [0.1, 0.15) is 5.75 Å². The number of rotatable bonds is 4. The van der Waals surface area contributed by atoms with Crippen molar-refractivity contribution in [1.82, 2.24) is 10.9 Å². The summed E-state index contributed by atoms with van der Waals surface area (Å²) in [7, 11) is 0. The van der Waals surface area contributed by atoms with Crippen LogP contribution in [0.3, 0.4) is 0 Å². The number of amides is 3. The average molecular weight is 413 g/mol. The van der Waals surface area contributed by atoms with E-state index in [1.54, 1.807) is 24.3 Å². The lowest BCUT2D eigenvalue weighted by Gasteiger charge is -2.25. The topological polar surface area (TPSA) is 96.5 Å². The molecule has 7 nitrogen and oxygen atoms in total. The molecule has 0 saturated heterocycles. The number of aryl methyl sites for hydroxylation is 1. The predicted molar refractivity (Wildman–Crippen MR) is 110 cm³/mol. The number of fused-ring (bicyclic) bond motifs is 2. The maximum absolute atomic E-state index is 12.4. The third-order valence-electron chi connectivity index (χ3n) is 5.38. The number of para-hydroxylation sites is 2. The Morgan fingerprint density at radius 1 is 1.28 bits per heavy atom. The van der Waals surface area contributed by atoms with Gasteiger partial charge in [-0.25, -0.2) is 0 Å². The van der Waals surface area contributed by atoms with E-state index in [0.717, 1.165) is 25.7 Å². The van der Waals surface area contributed by atoms with E-state index in [-0.39, 0.29) is 18.2 Å². The Labute approximate surface area is 172 Å². The molecule has 0 bridgehead atoms. The molecule has 0 unspecified atom stereocenters. The maximum Gasteiger partial charge on any atom is 0.279 e. The third-order valence-corrected chi connectivity index (χ3v) is 6.61. The minimum absolute atomic E-state index is 0.195. The van der Waals surface area contributed by atoms with Crippen LogP contribution < -0.4 is 20.9 Å². The number of nitrogens with one attached hydrogen (secondary N) is 3. The lowest BCUT2D eigenvalue weighted by Crippen LogP contribution is -2.46. The number of hydrogen-bond acceptors (Lipinski definition) is 5. The molecule has 2 heterocycles. The highest BCUT2D eigenvalue weighted by Crippen LogP contribution is 2.33. The first-order valence-corrected chi connectivity index (χ1v) is 10.6. The van der Waals surface area contributed by atoms with Gasteiger partial charge in [0.05, 0.1) is 17.0 Å². The molecule has 0 saturated carbocycles. The number of benzene rings is 1. The van der Waals surface area contributed by atoms with Gasteiger partial charge in [-0.15, -0.1) is 11.3 Å². The minimum Gasteiger partial charge on any atom is -0.478 e. The van der Waals surface area contributed by atoms with Crippen molar-refractivity contribution >= 4 is 34.7 Å². The lowest BCUT2D eigenvalue weighted by molar-refractivity contribution is -0.130. The molecular weight excluding hydrogens is 390 g/mol. The Morgan fingerprint density at radius 3 is 2.93 bits per heavy atom. The highest BCUT2D eigenvalue weighted by Gasteiger charge is 2.30. The monoisotopic (exact) mass is 413 g/mol. The van der Waals surface area contributed by atoms with E-state index in [1.807, 2.05) is 6.07 Å². The second-order valence-electron chi connectivity index (χ2n) is 7.37. The van der Waals surface area contributed by atoms with Crippen molar-refractivity contribution in [2.45, 2.75) is 45.1 Å². The smallest absolute Gasteiger partial charge is 0.279 e. The minimum atomic E-state index is -0.943. The Balaban J connectivity index is 1.30. The van der Waals surface area contributed by atoms with Gasteiger partial charge < -0.3 is 10.1 Å². The van der Waals surface area contributed by atoms with Crippen LogP contribution in [0.25, 0.3) is 0 Å². The number of anilines is 1. The number of hydrazine groups is 1. The predicted octanol–water partition coefficient (Wildman–Crippen LogP) is 2.81. The van der Waals surface area contributed by atoms with Gasteiger partial charge in [-0.3, -0.25) is 25.2 Å². The fraction of sp³-hybridized carbons (Fsp3) is 0.381. The van der Waals surface area contributed by atoms with Crippen LogP contribution in [-0.4, -0.2) is 23.8 Å². The molecule has 0 spiro atoms. The van der Waals surface area contributed by atoms with Crippen molar-refractivity contribution in [2.24, 2.45) is 5.92 Å². The zero-order valence-corrected chi connectivity index (χ0v) is 16.9. The molecule has 152 valence electrons. The molecule has 3 N–H and O–H groups in total. The standard InChI is InChI=1S/C21H23N3O4S/c1-2-12-7-8-17-13(9-12)10-18(29-17)21(27)24-23-19(25)11-16-20(26)22-14-5-3-4-6-15(14)28-16/h3-6,10,12,16H,2,7-9,11H2,1H3,(H,22,26)(H,23,25)(H,24,27)/t12-,16-/m1/s1. The molecule has 1 aromatic heterocycles. The van der Waals surface area contributed by atoms with Gasteiger partial charge in [0.25, 0.3) is 11.8 Å². The molecule has 1 aromatic carbocycles. The summed E-state index contributed by atoms with van der Waals surface area (Å²) in [6.45, 7) is 2.19. The average Bonchev–Trinajstić information content (AvgIpc) is 3.16. The van der Waals surface area contributed by atoms with Crippen molar-refractivity contribution < 1.29 is 19.1 Å². The third kappa shape index (κ3) is 4.27. The van der Waals surface area contributed by atoms with Gasteiger partial charge in [-0.1, -0.05) is 25.5 Å². The molecule has 29 heavy (non-hydrogen) atoms. The molecule has 2 aromatic rings. The van der Waals surface area contributed by atoms with E-state index in [1.165, 1.54) is 21.8 Å². The van der Waals surface area contributed by atoms with E-state index in [2.05, 4.69) is 23.1 Å². The highest BCUT2D eigenvalue weighted by atomic mass is 32.1. The summed E-state index contributed by atoms with van der Waals surface area (Å²) >= 11 is 1.48. The number of ether oxygens (including phenoxy) is 1. The van der Waals surface area contributed by atoms with Gasteiger partial charge >= 0.3 is 0 Å². The summed E-state index contributed by atoms with van der Waals surface area (Å²) in [5, 5.41) is 2.71. The van der Waals surface area contributed by atoms with Crippen LogP contribution >= 0.6 is 11.3 Å².